The van der Waals surface area contributed by atoms with E-state index in [4.69, 9.17) is 13.9 Å². The molecule has 2 aliphatic heterocycles. The third kappa shape index (κ3) is 2.96. The van der Waals surface area contributed by atoms with E-state index < -0.39 is 19.5 Å². The highest BCUT2D eigenvalue weighted by Crippen LogP contribution is 2.46. The van der Waals surface area contributed by atoms with Crippen LogP contribution in [0, 0.1) is 0 Å². The van der Waals surface area contributed by atoms with Gasteiger partial charge < -0.3 is 13.9 Å². The smallest absolute Gasteiger partial charge is 0.192 e. The van der Waals surface area contributed by atoms with Crippen LogP contribution in [0.25, 0.3) is 0 Å². The van der Waals surface area contributed by atoms with Gasteiger partial charge in [0.15, 0.2) is 14.1 Å². The Kier molecular flexibility index (Phi) is 4.50. The largest absolute Gasteiger partial charge is 0.413 e. The quantitative estimate of drug-likeness (QED) is 0.726. The molecule has 0 spiro atoms. The molecule has 2 bridgehead atoms. The fourth-order valence-corrected chi connectivity index (χ4v) is 3.84. The van der Waals surface area contributed by atoms with Crippen molar-refractivity contribution in [2.24, 2.45) is 0 Å². The van der Waals surface area contributed by atoms with Crippen molar-refractivity contribution in [3.63, 3.8) is 0 Å². The zero-order valence-electron chi connectivity index (χ0n) is 15.0. The second-order valence-corrected chi connectivity index (χ2v) is 13.0. The molecule has 0 saturated carbocycles. The third-order valence-corrected chi connectivity index (χ3v) is 9.88. The Morgan fingerprint density at radius 2 is 2.05 bits per heavy atom. The molecule has 126 valence electrons. The van der Waals surface area contributed by atoms with Crippen molar-refractivity contribution in [3.05, 3.63) is 12.2 Å². The van der Waals surface area contributed by atoms with Crippen LogP contribution in [0.2, 0.25) is 18.1 Å². The van der Waals surface area contributed by atoms with Gasteiger partial charge in [-0.05, 0) is 44.1 Å². The van der Waals surface area contributed by atoms with Gasteiger partial charge in [0.25, 0.3) is 0 Å². The fraction of sp³-hybridized carbons (Fsp3) is 0.824. The molecule has 0 N–H and O–H groups in total. The van der Waals surface area contributed by atoms with Crippen LogP contribution < -0.4 is 0 Å². The number of hydrogen-bond donors (Lipinski definition) is 0. The molecule has 5 heteroatoms. The van der Waals surface area contributed by atoms with Gasteiger partial charge in [-0.1, -0.05) is 20.8 Å². The van der Waals surface area contributed by atoms with Gasteiger partial charge in [0.1, 0.15) is 11.2 Å². The van der Waals surface area contributed by atoms with Crippen LogP contribution in [0.1, 0.15) is 41.0 Å². The highest BCUT2D eigenvalue weighted by Gasteiger charge is 2.59. The zero-order valence-corrected chi connectivity index (χ0v) is 16.0. The molecular formula is C17H30O4Si. The van der Waals surface area contributed by atoms with Crippen molar-refractivity contribution in [3.8, 4) is 0 Å². The Hall–Kier alpha value is -0.493. The maximum Gasteiger partial charge on any atom is 0.192 e. The van der Waals surface area contributed by atoms with E-state index in [1.165, 1.54) is 0 Å². The van der Waals surface area contributed by atoms with Gasteiger partial charge in [0.05, 0.1) is 12.7 Å². The van der Waals surface area contributed by atoms with Crippen LogP contribution in [-0.4, -0.2) is 44.6 Å². The van der Waals surface area contributed by atoms with Gasteiger partial charge in [0, 0.05) is 13.0 Å². The summed E-state index contributed by atoms with van der Waals surface area (Å²) in [6.45, 7) is 16.0. The van der Waals surface area contributed by atoms with E-state index in [1.54, 1.807) is 6.08 Å². The predicted molar refractivity (Wildman–Crippen MR) is 89.5 cm³/mol. The summed E-state index contributed by atoms with van der Waals surface area (Å²) in [5.74, 6) is 0.0256. The molecule has 3 atom stereocenters. The number of carbonyl (C=O) groups is 1. The Labute approximate surface area is 135 Å². The lowest BCUT2D eigenvalue weighted by Crippen LogP contribution is -2.51. The lowest BCUT2D eigenvalue weighted by molar-refractivity contribution is -0.153. The summed E-state index contributed by atoms with van der Waals surface area (Å²) in [5, 5.41) is 0.140. The normalized spacial score (nSPS) is 35.2. The first-order chi connectivity index (χ1) is 9.96. The van der Waals surface area contributed by atoms with Crippen molar-refractivity contribution in [1.82, 2.24) is 0 Å². The molecule has 0 aliphatic carbocycles. The maximum absolute atomic E-state index is 12.1. The average Bonchev–Trinajstić information content (AvgIpc) is 2.62. The Balaban J connectivity index is 2.23. The molecular weight excluding hydrogens is 296 g/mol. The molecule has 1 fully saturated rings. The molecule has 2 aliphatic rings. The van der Waals surface area contributed by atoms with Crippen LogP contribution in [0.15, 0.2) is 12.2 Å². The molecule has 22 heavy (non-hydrogen) atoms. The van der Waals surface area contributed by atoms with E-state index >= 15 is 0 Å². The van der Waals surface area contributed by atoms with E-state index in [0.29, 0.717) is 19.6 Å². The fourth-order valence-electron chi connectivity index (χ4n) is 2.82. The summed E-state index contributed by atoms with van der Waals surface area (Å²) < 4.78 is 18.5. The molecule has 2 rings (SSSR count). The standard InChI is InChI=1S/C17H30O4Si/c1-8-19-14-11-16(5)13(18)9-10-17(14,21-16)12-20-22(6,7)15(2,3)4/h9-10,14H,8,11-12H2,1-7H3. The first-order valence-electron chi connectivity index (χ1n) is 8.15. The van der Waals surface area contributed by atoms with Crippen LogP contribution in [-0.2, 0) is 18.7 Å². The van der Waals surface area contributed by atoms with E-state index in [0.717, 1.165) is 0 Å². The van der Waals surface area contributed by atoms with Crippen molar-refractivity contribution in [2.75, 3.05) is 13.2 Å². The predicted octanol–water partition coefficient (Wildman–Crippen LogP) is 3.47. The van der Waals surface area contributed by atoms with Crippen LogP contribution in [0.5, 0.6) is 0 Å². The number of ketones is 1. The maximum atomic E-state index is 12.1. The van der Waals surface area contributed by atoms with Gasteiger partial charge in [-0.2, -0.15) is 0 Å². The van der Waals surface area contributed by atoms with Crippen molar-refractivity contribution >= 4 is 14.1 Å². The summed E-state index contributed by atoms with van der Waals surface area (Å²) >= 11 is 0. The molecule has 2 heterocycles. The van der Waals surface area contributed by atoms with Crippen LogP contribution >= 0.6 is 0 Å². The molecule has 0 aromatic heterocycles. The number of rotatable bonds is 5. The lowest BCUT2D eigenvalue weighted by Gasteiger charge is -2.41. The first kappa shape index (κ1) is 17.9. The average molecular weight is 327 g/mol. The summed E-state index contributed by atoms with van der Waals surface area (Å²) in [6, 6.07) is 0. The second-order valence-electron chi connectivity index (χ2n) is 8.18. The Bertz CT molecular complexity index is 480. The van der Waals surface area contributed by atoms with Gasteiger partial charge in [-0.3, -0.25) is 4.79 Å². The van der Waals surface area contributed by atoms with E-state index in [9.17, 15) is 4.79 Å². The monoisotopic (exact) mass is 326 g/mol. The molecule has 4 nitrogen and oxygen atoms in total. The summed E-state index contributed by atoms with van der Waals surface area (Å²) in [5.41, 5.74) is -1.40. The topological polar surface area (TPSA) is 44.8 Å². The number of ether oxygens (including phenoxy) is 2. The number of carbonyl (C=O) groups excluding carboxylic acids is 1. The molecule has 0 aromatic carbocycles. The second kappa shape index (κ2) is 5.55. The van der Waals surface area contributed by atoms with Gasteiger partial charge in [0.2, 0.25) is 0 Å². The van der Waals surface area contributed by atoms with Crippen LogP contribution in [0.4, 0.5) is 0 Å². The Morgan fingerprint density at radius 1 is 1.41 bits per heavy atom. The SMILES string of the molecule is CCOC1CC2(C)OC1(CO[Si](C)(C)C(C)(C)C)C=CC2=O. The van der Waals surface area contributed by atoms with Crippen molar-refractivity contribution in [1.29, 1.82) is 0 Å². The summed E-state index contributed by atoms with van der Waals surface area (Å²) in [6.07, 6.45) is 3.97. The Morgan fingerprint density at radius 3 is 2.59 bits per heavy atom. The lowest BCUT2D eigenvalue weighted by atomic mass is 9.96. The molecule has 1 saturated heterocycles. The minimum absolute atomic E-state index is 0.0256. The van der Waals surface area contributed by atoms with E-state index in [1.807, 2.05) is 19.9 Å². The van der Waals surface area contributed by atoms with Crippen molar-refractivity contribution in [2.45, 2.75) is 76.5 Å². The van der Waals surface area contributed by atoms with E-state index in [2.05, 4.69) is 33.9 Å². The van der Waals surface area contributed by atoms with Gasteiger partial charge >= 0.3 is 0 Å². The van der Waals surface area contributed by atoms with E-state index in [-0.39, 0.29) is 16.9 Å². The summed E-state index contributed by atoms with van der Waals surface area (Å²) in [7, 11) is -1.88. The zero-order chi connectivity index (χ0) is 16.8. The molecule has 0 amide bonds. The third-order valence-electron chi connectivity index (χ3n) is 5.41. The molecule has 0 aromatic rings. The van der Waals surface area contributed by atoms with Gasteiger partial charge in [-0.15, -0.1) is 0 Å². The van der Waals surface area contributed by atoms with Crippen LogP contribution in [0.3, 0.4) is 0 Å². The number of hydrogen-bond acceptors (Lipinski definition) is 4. The minimum atomic E-state index is -1.88. The summed E-state index contributed by atoms with van der Waals surface area (Å²) in [4.78, 5) is 12.1. The first-order valence-corrected chi connectivity index (χ1v) is 11.1. The van der Waals surface area contributed by atoms with Gasteiger partial charge in [-0.25, -0.2) is 0 Å². The van der Waals surface area contributed by atoms with Crippen molar-refractivity contribution < 1.29 is 18.7 Å². The molecule has 0 radical (unpaired) electrons. The highest BCUT2D eigenvalue weighted by atomic mass is 28.4. The number of fused-ring (bicyclic) bond motifs is 2. The highest BCUT2D eigenvalue weighted by molar-refractivity contribution is 6.74. The minimum Gasteiger partial charge on any atom is -0.413 e. The molecule has 3 unspecified atom stereocenters.